The van der Waals surface area contributed by atoms with Gasteiger partial charge in [0.25, 0.3) is 0 Å². The fourth-order valence-electron chi connectivity index (χ4n) is 3.60. The first-order valence-electron chi connectivity index (χ1n) is 11.1. The molecule has 1 aliphatic rings. The van der Waals surface area contributed by atoms with Gasteiger partial charge in [0, 0.05) is 39.3 Å². The third-order valence-electron chi connectivity index (χ3n) is 5.66. The molecule has 0 atom stereocenters. The van der Waals surface area contributed by atoms with E-state index in [-0.39, 0.29) is 10.7 Å². The maximum atomic E-state index is 8.71. The minimum absolute atomic E-state index is 0.187. The molecule has 3 rings (SSSR count). The number of likely N-dealkylation sites (N-methyl/N-ethyl adjacent to an activating group) is 1. The van der Waals surface area contributed by atoms with E-state index in [0.717, 1.165) is 43.9 Å². The summed E-state index contributed by atoms with van der Waals surface area (Å²) in [6.45, 7) is 5.72. The van der Waals surface area contributed by atoms with E-state index in [4.69, 9.17) is 28.5 Å². The highest BCUT2D eigenvalue weighted by Gasteiger charge is 2.18. The molecule has 6 nitrogen and oxygen atoms in total. The minimum atomic E-state index is 0.187. The molecule has 0 radical (unpaired) electrons. The molecule has 33 heavy (non-hydrogen) atoms. The van der Waals surface area contributed by atoms with Crippen LogP contribution in [0.2, 0.25) is 0 Å². The molecular formula is C26H33ClN6. The smallest absolute Gasteiger partial charge is 0.107 e. The molecular weight excluding hydrogens is 432 g/mol. The van der Waals surface area contributed by atoms with Gasteiger partial charge in [0.05, 0.1) is 22.0 Å². The SMILES string of the molecule is CN1CCN(CCN/C(N)=C(C(=N)/C=C/c2ccccc2)/C(Cl)=C(\N)c2ccccc2)CC1. The summed E-state index contributed by atoms with van der Waals surface area (Å²) >= 11 is 6.73. The first-order chi connectivity index (χ1) is 16.0. The van der Waals surface area contributed by atoms with Gasteiger partial charge in [0.1, 0.15) is 5.82 Å². The lowest BCUT2D eigenvalue weighted by atomic mass is 10.0. The normalized spacial score (nSPS) is 16.9. The Balaban J connectivity index is 1.82. The molecule has 0 amide bonds. The number of hydrogen-bond donors (Lipinski definition) is 4. The lowest BCUT2D eigenvalue weighted by Gasteiger charge is -2.32. The highest BCUT2D eigenvalue weighted by molar-refractivity contribution is 6.39. The van der Waals surface area contributed by atoms with Gasteiger partial charge in [-0.3, -0.25) is 4.90 Å². The molecule has 2 aromatic rings. The highest BCUT2D eigenvalue weighted by Crippen LogP contribution is 2.25. The number of benzene rings is 2. The number of allylic oxidation sites excluding steroid dienone is 3. The van der Waals surface area contributed by atoms with Crippen molar-refractivity contribution in [1.29, 1.82) is 5.41 Å². The van der Waals surface area contributed by atoms with E-state index in [9.17, 15) is 0 Å². The van der Waals surface area contributed by atoms with Crippen LogP contribution in [0.3, 0.4) is 0 Å². The summed E-state index contributed by atoms with van der Waals surface area (Å²) in [6.07, 6.45) is 3.56. The largest absolute Gasteiger partial charge is 0.397 e. The van der Waals surface area contributed by atoms with Gasteiger partial charge in [0.2, 0.25) is 0 Å². The predicted octanol–water partition coefficient (Wildman–Crippen LogP) is 3.29. The molecule has 0 bridgehead atoms. The van der Waals surface area contributed by atoms with Gasteiger partial charge in [-0.15, -0.1) is 0 Å². The van der Waals surface area contributed by atoms with Crippen LogP contribution in [0.1, 0.15) is 11.1 Å². The molecule has 7 heteroatoms. The Morgan fingerprint density at radius 3 is 2.24 bits per heavy atom. The summed E-state index contributed by atoms with van der Waals surface area (Å²) in [7, 11) is 2.14. The third kappa shape index (κ3) is 7.22. The number of rotatable bonds is 9. The van der Waals surface area contributed by atoms with Gasteiger partial charge < -0.3 is 27.1 Å². The van der Waals surface area contributed by atoms with Crippen molar-refractivity contribution in [1.82, 2.24) is 15.1 Å². The molecule has 0 saturated carbocycles. The third-order valence-corrected chi connectivity index (χ3v) is 6.05. The standard InChI is InChI=1S/C26H33ClN6/c1-32-16-18-33(19-17-32)15-14-31-26(30)23(22(28)13-12-20-8-4-2-5-9-20)24(27)25(29)21-10-6-3-7-11-21/h2-13,28,31H,14-19,29-30H2,1H3/b13-12+,25-24+,26-23+,28-22?. The molecule has 1 saturated heterocycles. The predicted molar refractivity (Wildman–Crippen MR) is 140 cm³/mol. The number of hydrogen-bond acceptors (Lipinski definition) is 6. The van der Waals surface area contributed by atoms with Crippen LogP contribution in [0.25, 0.3) is 11.8 Å². The van der Waals surface area contributed by atoms with E-state index in [1.54, 1.807) is 6.08 Å². The summed E-state index contributed by atoms with van der Waals surface area (Å²) in [4.78, 5) is 4.73. The first-order valence-corrected chi connectivity index (χ1v) is 11.5. The Bertz CT molecular complexity index is 1010. The molecule has 1 fully saturated rings. The van der Waals surface area contributed by atoms with Crippen LogP contribution in [0.15, 0.2) is 83.2 Å². The van der Waals surface area contributed by atoms with Gasteiger partial charge in [-0.2, -0.15) is 0 Å². The molecule has 1 aliphatic heterocycles. The fraction of sp³-hybridized carbons (Fsp3) is 0.269. The highest BCUT2D eigenvalue weighted by atomic mass is 35.5. The average Bonchev–Trinajstić information content (AvgIpc) is 2.84. The molecule has 174 valence electrons. The monoisotopic (exact) mass is 464 g/mol. The van der Waals surface area contributed by atoms with Crippen molar-refractivity contribution in [2.75, 3.05) is 46.3 Å². The van der Waals surface area contributed by atoms with Gasteiger partial charge >= 0.3 is 0 Å². The maximum Gasteiger partial charge on any atom is 0.107 e. The van der Waals surface area contributed by atoms with Crippen molar-refractivity contribution in [3.63, 3.8) is 0 Å². The maximum absolute atomic E-state index is 8.71. The second-order valence-corrected chi connectivity index (χ2v) is 8.49. The summed E-state index contributed by atoms with van der Waals surface area (Å²) in [5.74, 6) is 0.343. The second-order valence-electron chi connectivity index (χ2n) is 8.11. The van der Waals surface area contributed by atoms with Gasteiger partial charge in [-0.25, -0.2) is 0 Å². The Morgan fingerprint density at radius 1 is 1.00 bits per heavy atom. The number of nitrogens with two attached hydrogens (primary N) is 2. The van der Waals surface area contributed by atoms with Crippen LogP contribution in [-0.2, 0) is 0 Å². The van der Waals surface area contributed by atoms with E-state index < -0.39 is 0 Å². The van der Waals surface area contributed by atoms with E-state index in [1.807, 2.05) is 66.7 Å². The zero-order valence-electron chi connectivity index (χ0n) is 19.1. The molecule has 0 aliphatic carbocycles. The Morgan fingerprint density at radius 2 is 1.61 bits per heavy atom. The van der Waals surface area contributed by atoms with E-state index in [2.05, 4.69) is 22.2 Å². The number of halogens is 1. The quantitative estimate of drug-likeness (QED) is 0.337. The van der Waals surface area contributed by atoms with E-state index in [1.165, 1.54) is 0 Å². The topological polar surface area (TPSA) is 94.4 Å². The van der Waals surface area contributed by atoms with Crippen LogP contribution in [0.4, 0.5) is 0 Å². The Hall–Kier alpha value is -3.06. The molecule has 1 heterocycles. The number of nitrogens with one attached hydrogen (secondary N) is 2. The molecule has 2 aromatic carbocycles. The van der Waals surface area contributed by atoms with Crippen molar-refractivity contribution >= 4 is 29.1 Å². The van der Waals surface area contributed by atoms with E-state index >= 15 is 0 Å². The second kappa shape index (κ2) is 12.3. The molecule has 0 aromatic heterocycles. The average molecular weight is 465 g/mol. The van der Waals surface area contributed by atoms with E-state index in [0.29, 0.717) is 23.6 Å². The van der Waals surface area contributed by atoms with Crippen molar-refractivity contribution in [2.24, 2.45) is 11.5 Å². The Kier molecular flexibility index (Phi) is 9.13. The number of piperazine rings is 1. The van der Waals surface area contributed by atoms with Crippen LogP contribution in [0.5, 0.6) is 0 Å². The molecule has 6 N–H and O–H groups in total. The lowest BCUT2D eigenvalue weighted by Crippen LogP contribution is -2.46. The molecule has 0 spiro atoms. The summed E-state index contributed by atoms with van der Waals surface area (Å²) in [5, 5.41) is 12.2. The Labute approximate surface area is 201 Å². The van der Waals surface area contributed by atoms with Crippen LogP contribution < -0.4 is 16.8 Å². The van der Waals surface area contributed by atoms with Gasteiger partial charge in [-0.05, 0) is 24.3 Å². The summed E-state index contributed by atoms with van der Waals surface area (Å²) in [5.41, 5.74) is 15.5. The van der Waals surface area contributed by atoms with Crippen molar-refractivity contribution < 1.29 is 0 Å². The van der Waals surface area contributed by atoms with Gasteiger partial charge in [-0.1, -0.05) is 78.3 Å². The zero-order valence-corrected chi connectivity index (χ0v) is 19.9. The van der Waals surface area contributed by atoms with Gasteiger partial charge in [0.15, 0.2) is 0 Å². The lowest BCUT2D eigenvalue weighted by molar-refractivity contribution is 0.155. The molecule has 0 unspecified atom stereocenters. The van der Waals surface area contributed by atoms with Crippen LogP contribution in [-0.4, -0.2) is 61.8 Å². The summed E-state index contributed by atoms with van der Waals surface area (Å²) < 4.78 is 0. The number of nitrogens with zero attached hydrogens (tertiary/aromatic N) is 2. The fourth-order valence-corrected chi connectivity index (χ4v) is 3.91. The van der Waals surface area contributed by atoms with Crippen molar-refractivity contribution in [3.8, 4) is 0 Å². The van der Waals surface area contributed by atoms with Crippen LogP contribution >= 0.6 is 11.6 Å². The van der Waals surface area contributed by atoms with Crippen molar-refractivity contribution in [2.45, 2.75) is 0 Å². The van der Waals surface area contributed by atoms with Crippen molar-refractivity contribution in [3.05, 3.63) is 94.3 Å². The van der Waals surface area contributed by atoms with Crippen LogP contribution in [0, 0.1) is 5.41 Å². The minimum Gasteiger partial charge on any atom is -0.397 e. The zero-order chi connectivity index (χ0) is 23.6. The first kappa shape index (κ1) is 24.6. The summed E-state index contributed by atoms with van der Waals surface area (Å²) in [6, 6.07) is 19.3.